The van der Waals surface area contributed by atoms with Gasteiger partial charge in [-0.15, -0.1) is 0 Å². The molecule has 0 spiro atoms. The molecule has 2 aromatic rings. The Morgan fingerprint density at radius 3 is 2.18 bits per heavy atom. The van der Waals surface area contributed by atoms with E-state index in [9.17, 15) is 14.4 Å². The Bertz CT molecular complexity index is 850. The molecule has 1 aliphatic rings. The van der Waals surface area contributed by atoms with Gasteiger partial charge in [-0.05, 0) is 22.3 Å². The van der Waals surface area contributed by atoms with Crippen LogP contribution in [0.25, 0.3) is 11.1 Å². The molecule has 1 aliphatic carbocycles. The zero-order valence-electron chi connectivity index (χ0n) is 15.6. The quantitative estimate of drug-likeness (QED) is 0.767. The first-order chi connectivity index (χ1) is 13.5. The number of rotatable bonds is 7. The van der Waals surface area contributed by atoms with Gasteiger partial charge in [-0.25, -0.2) is 4.79 Å². The lowest BCUT2D eigenvalue weighted by Gasteiger charge is -2.16. The zero-order valence-corrected chi connectivity index (χ0v) is 15.6. The fourth-order valence-electron chi connectivity index (χ4n) is 3.40. The lowest BCUT2D eigenvalue weighted by molar-refractivity contribution is -0.143. The van der Waals surface area contributed by atoms with E-state index in [-0.39, 0.29) is 37.9 Å². The molecule has 0 unspecified atom stereocenters. The minimum atomic E-state index is -1.08. The molecular formula is C21H22N2O5. The molecule has 0 saturated carbocycles. The third-order valence-corrected chi connectivity index (χ3v) is 4.75. The molecule has 2 amide bonds. The second-order valence-corrected chi connectivity index (χ2v) is 6.65. The molecule has 0 aromatic heterocycles. The number of aliphatic carboxylic acids is 1. The minimum Gasteiger partial charge on any atom is -0.480 e. The van der Waals surface area contributed by atoms with E-state index in [4.69, 9.17) is 9.84 Å². The number of nitrogens with one attached hydrogen (secondary N) is 1. The maximum absolute atomic E-state index is 12.0. The molecule has 28 heavy (non-hydrogen) atoms. The van der Waals surface area contributed by atoms with Crippen LogP contribution in [0.1, 0.15) is 23.5 Å². The van der Waals surface area contributed by atoms with E-state index in [1.54, 1.807) is 0 Å². The first-order valence-electron chi connectivity index (χ1n) is 9.02. The first kappa shape index (κ1) is 19.4. The van der Waals surface area contributed by atoms with Gasteiger partial charge in [0.1, 0.15) is 13.2 Å². The van der Waals surface area contributed by atoms with Gasteiger partial charge in [0.2, 0.25) is 5.91 Å². The highest BCUT2D eigenvalue weighted by atomic mass is 16.5. The van der Waals surface area contributed by atoms with E-state index in [0.717, 1.165) is 27.2 Å². The highest BCUT2D eigenvalue weighted by Gasteiger charge is 2.28. The molecule has 146 valence electrons. The molecule has 0 heterocycles. The molecule has 0 bridgehead atoms. The summed E-state index contributed by atoms with van der Waals surface area (Å²) in [5, 5.41) is 11.2. The van der Waals surface area contributed by atoms with Gasteiger partial charge in [0.25, 0.3) is 0 Å². The number of fused-ring (bicyclic) bond motifs is 3. The lowest BCUT2D eigenvalue weighted by Crippen LogP contribution is -2.35. The van der Waals surface area contributed by atoms with Gasteiger partial charge in [0.05, 0.1) is 0 Å². The summed E-state index contributed by atoms with van der Waals surface area (Å²) >= 11 is 0. The van der Waals surface area contributed by atoms with E-state index in [1.165, 1.54) is 7.05 Å². The van der Waals surface area contributed by atoms with Crippen LogP contribution in [-0.4, -0.2) is 54.7 Å². The topological polar surface area (TPSA) is 95.9 Å². The number of carboxylic acids is 1. The summed E-state index contributed by atoms with van der Waals surface area (Å²) in [6.07, 6.45) is -0.593. The molecule has 0 fully saturated rings. The number of hydrogen-bond donors (Lipinski definition) is 2. The Hall–Kier alpha value is -3.35. The van der Waals surface area contributed by atoms with Gasteiger partial charge in [0, 0.05) is 25.9 Å². The lowest BCUT2D eigenvalue weighted by atomic mass is 9.98. The predicted octanol–water partition coefficient (Wildman–Crippen LogP) is 2.46. The van der Waals surface area contributed by atoms with Crippen molar-refractivity contribution in [1.29, 1.82) is 0 Å². The predicted molar refractivity (Wildman–Crippen MR) is 103 cm³/mol. The number of carboxylic acid groups (broad SMARTS) is 1. The summed E-state index contributed by atoms with van der Waals surface area (Å²) in [7, 11) is 1.41. The van der Waals surface area contributed by atoms with Crippen molar-refractivity contribution in [3.05, 3.63) is 59.7 Å². The highest BCUT2D eigenvalue weighted by molar-refractivity contribution is 5.81. The maximum atomic E-state index is 12.0. The number of alkyl carbamates (subject to hydrolysis) is 1. The molecular weight excluding hydrogens is 360 g/mol. The van der Waals surface area contributed by atoms with Crippen LogP contribution in [0.5, 0.6) is 0 Å². The summed E-state index contributed by atoms with van der Waals surface area (Å²) in [4.78, 5) is 35.5. The molecule has 0 atom stereocenters. The van der Waals surface area contributed by atoms with Crippen molar-refractivity contribution < 1.29 is 24.2 Å². The van der Waals surface area contributed by atoms with Gasteiger partial charge < -0.3 is 20.1 Å². The van der Waals surface area contributed by atoms with E-state index in [1.807, 2.05) is 36.4 Å². The van der Waals surface area contributed by atoms with Crippen LogP contribution in [-0.2, 0) is 14.3 Å². The number of benzene rings is 2. The fourth-order valence-corrected chi connectivity index (χ4v) is 3.40. The van der Waals surface area contributed by atoms with Gasteiger partial charge >= 0.3 is 12.1 Å². The van der Waals surface area contributed by atoms with Crippen molar-refractivity contribution in [2.24, 2.45) is 0 Å². The molecule has 0 radical (unpaired) electrons. The monoisotopic (exact) mass is 382 g/mol. The van der Waals surface area contributed by atoms with Gasteiger partial charge in [-0.3, -0.25) is 9.59 Å². The van der Waals surface area contributed by atoms with Crippen molar-refractivity contribution in [2.75, 3.05) is 26.7 Å². The molecule has 2 N–H and O–H groups in total. The standard InChI is InChI=1S/C21H22N2O5/c1-23(12-20(25)26)19(24)10-11-22-21(27)28-13-18-16-8-4-2-6-14(16)15-7-3-5-9-17(15)18/h2-9,18H,10-13H2,1H3,(H,22,27)(H,25,26). The zero-order chi connectivity index (χ0) is 20.1. The van der Waals surface area contributed by atoms with Gasteiger partial charge in [-0.2, -0.15) is 0 Å². The van der Waals surface area contributed by atoms with Gasteiger partial charge in [-0.1, -0.05) is 48.5 Å². The molecule has 0 saturated heterocycles. The van der Waals surface area contributed by atoms with Crippen LogP contribution in [0, 0.1) is 0 Å². The van der Waals surface area contributed by atoms with E-state index >= 15 is 0 Å². The van der Waals surface area contributed by atoms with Crippen molar-refractivity contribution in [3.63, 3.8) is 0 Å². The van der Waals surface area contributed by atoms with Crippen LogP contribution in [0.3, 0.4) is 0 Å². The van der Waals surface area contributed by atoms with Crippen LogP contribution < -0.4 is 5.32 Å². The van der Waals surface area contributed by atoms with Gasteiger partial charge in [0.15, 0.2) is 0 Å². The Morgan fingerprint density at radius 1 is 1.04 bits per heavy atom. The summed E-state index contributed by atoms with van der Waals surface area (Å²) in [5.41, 5.74) is 4.56. The smallest absolute Gasteiger partial charge is 0.407 e. The number of nitrogens with zero attached hydrogens (tertiary/aromatic N) is 1. The fraction of sp³-hybridized carbons (Fsp3) is 0.286. The molecule has 0 aliphatic heterocycles. The minimum absolute atomic E-state index is 0.00791. The summed E-state index contributed by atoms with van der Waals surface area (Å²) < 4.78 is 5.38. The van der Waals surface area contributed by atoms with E-state index < -0.39 is 12.1 Å². The van der Waals surface area contributed by atoms with Crippen molar-refractivity contribution in [3.8, 4) is 11.1 Å². The molecule has 7 nitrogen and oxygen atoms in total. The third-order valence-electron chi connectivity index (χ3n) is 4.75. The first-order valence-corrected chi connectivity index (χ1v) is 9.02. The summed E-state index contributed by atoms with van der Waals surface area (Å²) in [5.74, 6) is -1.47. The number of carbonyl (C=O) groups is 3. The van der Waals surface area contributed by atoms with Crippen molar-refractivity contribution in [1.82, 2.24) is 10.2 Å². The number of amides is 2. The summed E-state index contributed by atoms with van der Waals surface area (Å²) in [6, 6.07) is 16.1. The molecule has 3 rings (SSSR count). The second-order valence-electron chi connectivity index (χ2n) is 6.65. The van der Waals surface area contributed by atoms with Crippen LogP contribution in [0.2, 0.25) is 0 Å². The molecule has 2 aromatic carbocycles. The van der Waals surface area contributed by atoms with Crippen molar-refractivity contribution >= 4 is 18.0 Å². The van der Waals surface area contributed by atoms with E-state index in [2.05, 4.69) is 17.4 Å². The number of ether oxygens (including phenoxy) is 1. The highest BCUT2D eigenvalue weighted by Crippen LogP contribution is 2.44. The number of carbonyl (C=O) groups excluding carboxylic acids is 2. The van der Waals surface area contributed by atoms with Crippen LogP contribution in [0.4, 0.5) is 4.79 Å². The average Bonchev–Trinajstić information content (AvgIpc) is 2.99. The average molecular weight is 382 g/mol. The normalized spacial score (nSPS) is 12.0. The van der Waals surface area contributed by atoms with Crippen LogP contribution in [0.15, 0.2) is 48.5 Å². The second kappa shape index (κ2) is 8.56. The Morgan fingerprint density at radius 2 is 1.61 bits per heavy atom. The number of hydrogen-bond acceptors (Lipinski definition) is 4. The van der Waals surface area contributed by atoms with E-state index in [0.29, 0.717) is 0 Å². The maximum Gasteiger partial charge on any atom is 0.407 e. The Labute approximate surface area is 162 Å². The Balaban J connectivity index is 1.51. The summed E-state index contributed by atoms with van der Waals surface area (Å²) in [6.45, 7) is -0.0873. The molecule has 7 heteroatoms. The third kappa shape index (κ3) is 4.31. The van der Waals surface area contributed by atoms with Crippen LogP contribution >= 0.6 is 0 Å². The SMILES string of the molecule is CN(CC(=O)O)C(=O)CCNC(=O)OCC1c2ccccc2-c2ccccc21. The Kier molecular flexibility index (Phi) is 5.93. The number of likely N-dealkylation sites (N-methyl/N-ethyl adjacent to an activating group) is 1. The van der Waals surface area contributed by atoms with Crippen molar-refractivity contribution in [2.45, 2.75) is 12.3 Å². The largest absolute Gasteiger partial charge is 0.480 e.